The van der Waals surface area contributed by atoms with E-state index in [0.29, 0.717) is 10.0 Å². The zero-order valence-electron chi connectivity index (χ0n) is 10.4. The first-order valence-corrected chi connectivity index (χ1v) is 6.82. The van der Waals surface area contributed by atoms with Crippen LogP contribution >= 0.6 is 23.2 Å². The molecule has 1 atom stereocenters. The first-order valence-electron chi connectivity index (χ1n) is 6.07. The van der Waals surface area contributed by atoms with E-state index in [2.05, 4.69) is 13.8 Å². The molecular weight excluding hydrogens is 253 g/mol. The van der Waals surface area contributed by atoms with Crippen molar-refractivity contribution in [1.29, 1.82) is 0 Å². The monoisotopic (exact) mass is 271 g/mol. The first kappa shape index (κ1) is 13.2. The third-order valence-electron chi connectivity index (χ3n) is 4.28. The first-order chi connectivity index (χ1) is 7.84. The quantitative estimate of drug-likeness (QED) is 0.846. The summed E-state index contributed by atoms with van der Waals surface area (Å²) in [5.41, 5.74) is 7.83. The summed E-state index contributed by atoms with van der Waals surface area (Å²) in [7, 11) is 0. The normalized spacial score (nSPS) is 27.4. The van der Waals surface area contributed by atoms with E-state index in [4.69, 9.17) is 28.9 Å². The highest BCUT2D eigenvalue weighted by Gasteiger charge is 2.45. The molecule has 1 aromatic rings. The molecule has 1 nitrogen and oxygen atoms in total. The number of hydrogen-bond acceptors (Lipinski definition) is 1. The van der Waals surface area contributed by atoms with Crippen molar-refractivity contribution in [3.63, 3.8) is 0 Å². The SMILES string of the molecule is CC1(C)CCCC1(N)Cc1ccc(Cl)c(Cl)c1. The lowest BCUT2D eigenvalue weighted by atomic mass is 9.72. The Morgan fingerprint density at radius 1 is 1.18 bits per heavy atom. The molecule has 0 heterocycles. The van der Waals surface area contributed by atoms with Gasteiger partial charge in [0.05, 0.1) is 10.0 Å². The van der Waals surface area contributed by atoms with E-state index < -0.39 is 0 Å². The average Bonchev–Trinajstić information content (AvgIpc) is 2.47. The van der Waals surface area contributed by atoms with E-state index in [9.17, 15) is 0 Å². The van der Waals surface area contributed by atoms with E-state index >= 15 is 0 Å². The van der Waals surface area contributed by atoms with Gasteiger partial charge >= 0.3 is 0 Å². The van der Waals surface area contributed by atoms with E-state index in [1.54, 1.807) is 0 Å². The van der Waals surface area contributed by atoms with Crippen molar-refractivity contribution >= 4 is 23.2 Å². The molecule has 0 amide bonds. The van der Waals surface area contributed by atoms with Crippen LogP contribution in [0.2, 0.25) is 10.0 Å². The van der Waals surface area contributed by atoms with Gasteiger partial charge < -0.3 is 5.73 Å². The molecule has 0 spiro atoms. The van der Waals surface area contributed by atoms with Gasteiger partial charge in [0, 0.05) is 5.54 Å². The Hall–Kier alpha value is -0.240. The third-order valence-corrected chi connectivity index (χ3v) is 5.02. The molecule has 0 saturated heterocycles. The second kappa shape index (κ2) is 4.46. The Morgan fingerprint density at radius 3 is 2.41 bits per heavy atom. The fourth-order valence-corrected chi connectivity index (χ4v) is 3.10. The molecule has 1 saturated carbocycles. The summed E-state index contributed by atoms with van der Waals surface area (Å²) in [5, 5.41) is 1.22. The predicted molar refractivity (Wildman–Crippen MR) is 74.7 cm³/mol. The minimum atomic E-state index is -0.121. The molecule has 1 fully saturated rings. The van der Waals surface area contributed by atoms with Crippen LogP contribution in [-0.4, -0.2) is 5.54 Å². The van der Waals surface area contributed by atoms with Gasteiger partial charge in [-0.25, -0.2) is 0 Å². The molecular formula is C14H19Cl2N. The molecule has 2 N–H and O–H groups in total. The molecule has 0 aliphatic heterocycles. The standard InChI is InChI=1S/C14H19Cl2N/c1-13(2)6-3-7-14(13,17)9-10-4-5-11(15)12(16)8-10/h4-5,8H,3,6-7,9,17H2,1-2H3. The molecule has 3 heteroatoms. The molecule has 1 aromatic carbocycles. The Bertz CT molecular complexity index is 428. The summed E-state index contributed by atoms with van der Waals surface area (Å²) >= 11 is 12.0. The van der Waals surface area contributed by atoms with Crippen LogP contribution in [0.5, 0.6) is 0 Å². The van der Waals surface area contributed by atoms with E-state index in [-0.39, 0.29) is 11.0 Å². The topological polar surface area (TPSA) is 26.0 Å². The Kier molecular flexibility index (Phi) is 3.46. The van der Waals surface area contributed by atoms with Crippen LogP contribution < -0.4 is 5.73 Å². The van der Waals surface area contributed by atoms with Gasteiger partial charge in [-0.05, 0) is 42.4 Å². The smallest absolute Gasteiger partial charge is 0.0595 e. The average molecular weight is 272 g/mol. The Labute approximate surface area is 113 Å². The fourth-order valence-electron chi connectivity index (χ4n) is 2.77. The molecule has 0 aromatic heterocycles. The molecule has 1 aliphatic carbocycles. The molecule has 17 heavy (non-hydrogen) atoms. The van der Waals surface area contributed by atoms with Gasteiger partial charge in [-0.3, -0.25) is 0 Å². The van der Waals surface area contributed by atoms with Gasteiger partial charge in [-0.2, -0.15) is 0 Å². The lowest BCUT2D eigenvalue weighted by Gasteiger charge is -2.38. The second-order valence-corrected chi connectivity index (χ2v) is 6.63. The fraction of sp³-hybridized carbons (Fsp3) is 0.571. The maximum Gasteiger partial charge on any atom is 0.0595 e. The summed E-state index contributed by atoms with van der Waals surface area (Å²) < 4.78 is 0. The third kappa shape index (κ3) is 2.47. The minimum absolute atomic E-state index is 0.121. The van der Waals surface area contributed by atoms with Gasteiger partial charge in [0.25, 0.3) is 0 Å². The van der Waals surface area contributed by atoms with Gasteiger partial charge in [-0.15, -0.1) is 0 Å². The number of rotatable bonds is 2. The zero-order chi connectivity index (χ0) is 12.7. The largest absolute Gasteiger partial charge is 0.324 e. The van der Waals surface area contributed by atoms with Gasteiger partial charge in [0.1, 0.15) is 0 Å². The van der Waals surface area contributed by atoms with E-state index in [1.807, 2.05) is 18.2 Å². The maximum absolute atomic E-state index is 6.58. The lowest BCUT2D eigenvalue weighted by molar-refractivity contribution is 0.207. The number of nitrogens with two attached hydrogens (primary N) is 1. The summed E-state index contributed by atoms with van der Waals surface area (Å²) in [6.45, 7) is 4.52. The Balaban J connectivity index is 2.23. The number of benzene rings is 1. The zero-order valence-corrected chi connectivity index (χ0v) is 11.9. The highest BCUT2D eigenvalue weighted by molar-refractivity contribution is 6.42. The molecule has 0 bridgehead atoms. The second-order valence-electron chi connectivity index (χ2n) is 5.82. The van der Waals surface area contributed by atoms with Crippen molar-refractivity contribution in [2.24, 2.45) is 11.1 Å². The van der Waals surface area contributed by atoms with Crippen molar-refractivity contribution in [2.75, 3.05) is 0 Å². The highest BCUT2D eigenvalue weighted by atomic mass is 35.5. The summed E-state index contributed by atoms with van der Waals surface area (Å²) in [4.78, 5) is 0. The van der Waals surface area contributed by atoms with Crippen molar-refractivity contribution < 1.29 is 0 Å². The van der Waals surface area contributed by atoms with Crippen LogP contribution in [0.15, 0.2) is 18.2 Å². The van der Waals surface area contributed by atoms with Crippen LogP contribution in [-0.2, 0) is 6.42 Å². The Morgan fingerprint density at radius 2 is 1.88 bits per heavy atom. The molecule has 1 aliphatic rings. The minimum Gasteiger partial charge on any atom is -0.324 e. The maximum atomic E-state index is 6.58. The van der Waals surface area contributed by atoms with Crippen LogP contribution in [0.3, 0.4) is 0 Å². The summed E-state index contributed by atoms with van der Waals surface area (Å²) in [6.07, 6.45) is 4.37. The van der Waals surface area contributed by atoms with Crippen LogP contribution in [0.25, 0.3) is 0 Å². The molecule has 2 rings (SSSR count). The molecule has 0 radical (unpaired) electrons. The summed E-state index contributed by atoms with van der Waals surface area (Å²) in [5.74, 6) is 0. The van der Waals surface area contributed by atoms with Crippen molar-refractivity contribution in [3.05, 3.63) is 33.8 Å². The number of halogens is 2. The predicted octanol–water partition coefficient (Wildman–Crippen LogP) is 4.44. The van der Waals surface area contributed by atoms with Gasteiger partial charge in [0.2, 0.25) is 0 Å². The number of hydrogen-bond donors (Lipinski definition) is 1. The lowest BCUT2D eigenvalue weighted by Crippen LogP contribution is -2.50. The molecule has 1 unspecified atom stereocenters. The highest BCUT2D eigenvalue weighted by Crippen LogP contribution is 2.46. The van der Waals surface area contributed by atoms with Crippen LogP contribution in [0.1, 0.15) is 38.7 Å². The molecule has 94 valence electrons. The van der Waals surface area contributed by atoms with E-state index in [1.165, 1.54) is 18.4 Å². The van der Waals surface area contributed by atoms with Crippen molar-refractivity contribution in [3.8, 4) is 0 Å². The van der Waals surface area contributed by atoms with Crippen LogP contribution in [0.4, 0.5) is 0 Å². The van der Waals surface area contributed by atoms with E-state index in [0.717, 1.165) is 12.8 Å². The summed E-state index contributed by atoms with van der Waals surface area (Å²) in [6, 6.07) is 5.81. The van der Waals surface area contributed by atoms with Crippen molar-refractivity contribution in [2.45, 2.75) is 45.1 Å². The van der Waals surface area contributed by atoms with Crippen LogP contribution in [0, 0.1) is 5.41 Å². The van der Waals surface area contributed by atoms with Crippen molar-refractivity contribution in [1.82, 2.24) is 0 Å². The van der Waals surface area contributed by atoms with Gasteiger partial charge in [-0.1, -0.05) is 49.5 Å². The van der Waals surface area contributed by atoms with Gasteiger partial charge in [0.15, 0.2) is 0 Å².